The van der Waals surface area contributed by atoms with E-state index in [4.69, 9.17) is 26.1 Å². The number of halogens is 1. The van der Waals surface area contributed by atoms with Crippen molar-refractivity contribution in [1.29, 1.82) is 0 Å². The molecular weight excluding hydrogens is 426 g/mol. The highest BCUT2D eigenvalue weighted by atomic mass is 35.5. The van der Waals surface area contributed by atoms with Gasteiger partial charge in [0.25, 0.3) is 0 Å². The Morgan fingerprint density at radius 1 is 1.12 bits per heavy atom. The topological polar surface area (TPSA) is 73.2 Å². The van der Waals surface area contributed by atoms with E-state index in [0.29, 0.717) is 24.2 Å². The number of pyridine rings is 1. The number of fused-ring (bicyclic) bond motifs is 1. The summed E-state index contributed by atoms with van der Waals surface area (Å²) < 4.78 is 13.1. The van der Waals surface area contributed by atoms with Crippen LogP contribution in [0.25, 0.3) is 11.0 Å². The Hall–Kier alpha value is -3.29. The van der Waals surface area contributed by atoms with Crippen LogP contribution >= 0.6 is 11.6 Å². The molecule has 0 saturated carbocycles. The summed E-state index contributed by atoms with van der Waals surface area (Å²) in [5, 5.41) is 7.53. The van der Waals surface area contributed by atoms with Crippen molar-refractivity contribution in [2.75, 3.05) is 23.8 Å². The molecule has 7 nitrogen and oxygen atoms in total. The lowest BCUT2D eigenvalue weighted by molar-refractivity contribution is 0.0211. The average molecular weight is 450 g/mol. The van der Waals surface area contributed by atoms with Gasteiger partial charge in [-0.15, -0.1) is 0 Å². The van der Waals surface area contributed by atoms with Crippen LogP contribution in [-0.4, -0.2) is 33.8 Å². The maximum atomic E-state index is 5.86. The van der Waals surface area contributed by atoms with Gasteiger partial charge in [-0.25, -0.2) is 4.98 Å². The first-order valence-corrected chi connectivity index (χ1v) is 10.9. The second kappa shape index (κ2) is 9.06. The quantitative estimate of drug-likeness (QED) is 0.409. The summed E-state index contributed by atoms with van der Waals surface area (Å²) in [4.78, 5) is 8.97. The molecule has 0 amide bonds. The lowest BCUT2D eigenvalue weighted by Crippen LogP contribution is -2.40. The predicted molar refractivity (Wildman–Crippen MR) is 126 cm³/mol. The van der Waals surface area contributed by atoms with Crippen molar-refractivity contribution >= 4 is 34.3 Å². The van der Waals surface area contributed by atoms with Gasteiger partial charge in [0.15, 0.2) is 0 Å². The zero-order chi connectivity index (χ0) is 21.9. The number of aryl methyl sites for hydroxylation is 1. The van der Waals surface area contributed by atoms with Gasteiger partial charge in [0, 0.05) is 25.5 Å². The third kappa shape index (κ3) is 4.64. The molecule has 1 aliphatic heterocycles. The van der Waals surface area contributed by atoms with Gasteiger partial charge in [-0.3, -0.25) is 4.98 Å². The van der Waals surface area contributed by atoms with Gasteiger partial charge in [-0.1, -0.05) is 23.7 Å². The third-order valence-corrected chi connectivity index (χ3v) is 5.66. The van der Waals surface area contributed by atoms with E-state index in [1.807, 2.05) is 49.5 Å². The van der Waals surface area contributed by atoms with Crippen molar-refractivity contribution in [2.24, 2.45) is 7.05 Å². The second-order valence-corrected chi connectivity index (χ2v) is 8.27. The maximum absolute atomic E-state index is 5.86. The molecule has 8 heteroatoms. The third-order valence-electron chi connectivity index (χ3n) is 5.44. The van der Waals surface area contributed by atoms with E-state index in [1.165, 1.54) is 0 Å². The van der Waals surface area contributed by atoms with E-state index in [9.17, 15) is 0 Å². The van der Waals surface area contributed by atoms with Crippen LogP contribution in [0.3, 0.4) is 0 Å². The first-order chi connectivity index (χ1) is 15.6. The molecule has 1 aliphatic rings. The van der Waals surface area contributed by atoms with Gasteiger partial charge in [-0.2, -0.15) is 0 Å². The van der Waals surface area contributed by atoms with E-state index in [1.54, 1.807) is 6.20 Å². The number of hydrogen-bond acceptors (Lipinski definition) is 6. The Labute approximate surface area is 191 Å². The highest BCUT2D eigenvalue weighted by molar-refractivity contribution is 6.30. The van der Waals surface area contributed by atoms with Crippen molar-refractivity contribution in [3.63, 3.8) is 0 Å². The van der Waals surface area contributed by atoms with Gasteiger partial charge in [0.2, 0.25) is 5.95 Å². The van der Waals surface area contributed by atoms with Crippen molar-refractivity contribution in [2.45, 2.75) is 19.2 Å². The molecule has 2 aromatic carbocycles. The fourth-order valence-electron chi connectivity index (χ4n) is 3.53. The number of hydrogen-bond donors (Lipinski definition) is 2. The molecule has 2 N–H and O–H groups in total. The Kier molecular flexibility index (Phi) is 5.83. The number of anilines is 2. The normalized spacial score (nSPS) is 13.7. The fourth-order valence-corrected chi connectivity index (χ4v) is 3.64. The summed E-state index contributed by atoms with van der Waals surface area (Å²) in [6.45, 7) is 2.59. The standard InChI is InChI=1S/C24H24ClN5O2/c1-30-23-10-18(28-20-13-31-14-20)6-9-22(23)29-24(30)27-11-16-2-7-21(8-3-16)32-15-19-5-4-17(25)12-26-19/h2-10,12,20,28H,11,13-15H2,1H3,(H,27,29). The number of benzene rings is 2. The Bertz CT molecular complexity index is 1200. The van der Waals surface area contributed by atoms with E-state index in [0.717, 1.165) is 52.9 Å². The maximum Gasteiger partial charge on any atom is 0.203 e. The average Bonchev–Trinajstić information content (AvgIpc) is 3.10. The molecule has 2 aromatic heterocycles. The van der Waals surface area contributed by atoms with Gasteiger partial charge >= 0.3 is 0 Å². The number of rotatable bonds is 8. The summed E-state index contributed by atoms with van der Waals surface area (Å²) >= 11 is 5.86. The minimum Gasteiger partial charge on any atom is -0.487 e. The number of imidazole rings is 1. The molecular formula is C24H24ClN5O2. The number of ether oxygens (including phenoxy) is 2. The van der Waals surface area contributed by atoms with Crippen LogP contribution in [0.4, 0.5) is 11.6 Å². The van der Waals surface area contributed by atoms with Crippen LogP contribution in [0.5, 0.6) is 5.75 Å². The summed E-state index contributed by atoms with van der Waals surface area (Å²) in [5.74, 6) is 1.63. The zero-order valence-electron chi connectivity index (χ0n) is 17.7. The lowest BCUT2D eigenvalue weighted by atomic mass is 10.2. The first kappa shape index (κ1) is 20.6. The largest absolute Gasteiger partial charge is 0.487 e. The number of nitrogens with zero attached hydrogens (tertiary/aromatic N) is 3. The van der Waals surface area contributed by atoms with Crippen LogP contribution in [0.15, 0.2) is 60.8 Å². The van der Waals surface area contributed by atoms with Gasteiger partial charge in [0.05, 0.1) is 41.0 Å². The molecule has 0 atom stereocenters. The molecule has 0 radical (unpaired) electrons. The Morgan fingerprint density at radius 2 is 1.97 bits per heavy atom. The molecule has 0 aliphatic carbocycles. The molecule has 164 valence electrons. The Balaban J connectivity index is 1.19. The van der Waals surface area contributed by atoms with E-state index in [2.05, 4.69) is 32.3 Å². The van der Waals surface area contributed by atoms with Gasteiger partial charge < -0.3 is 24.7 Å². The molecule has 1 fully saturated rings. The van der Waals surface area contributed by atoms with Gasteiger partial charge in [0.1, 0.15) is 12.4 Å². The second-order valence-electron chi connectivity index (χ2n) is 7.83. The van der Waals surface area contributed by atoms with Crippen molar-refractivity contribution < 1.29 is 9.47 Å². The highest BCUT2D eigenvalue weighted by Gasteiger charge is 2.18. The molecule has 0 spiro atoms. The molecule has 4 aromatic rings. The number of aromatic nitrogens is 3. The molecule has 0 unspecified atom stereocenters. The first-order valence-electron chi connectivity index (χ1n) is 10.5. The van der Waals surface area contributed by atoms with Gasteiger partial charge in [-0.05, 0) is 48.0 Å². The summed E-state index contributed by atoms with van der Waals surface area (Å²) in [5.41, 5.74) is 5.11. The SMILES string of the molecule is Cn1c(NCc2ccc(OCc3ccc(Cl)cn3)cc2)nc2ccc(NC3COC3)cc21. The molecule has 5 rings (SSSR count). The smallest absolute Gasteiger partial charge is 0.203 e. The molecule has 1 saturated heterocycles. The predicted octanol–water partition coefficient (Wildman–Crippen LogP) is 4.62. The lowest BCUT2D eigenvalue weighted by Gasteiger charge is -2.27. The van der Waals surface area contributed by atoms with Crippen LogP contribution < -0.4 is 15.4 Å². The van der Waals surface area contributed by atoms with E-state index in [-0.39, 0.29) is 0 Å². The summed E-state index contributed by atoms with van der Waals surface area (Å²) in [6, 6.07) is 18.3. The number of nitrogens with one attached hydrogen (secondary N) is 2. The Morgan fingerprint density at radius 3 is 2.69 bits per heavy atom. The van der Waals surface area contributed by atoms with Crippen molar-refractivity contribution in [1.82, 2.24) is 14.5 Å². The molecule has 3 heterocycles. The molecule has 0 bridgehead atoms. The summed E-state index contributed by atoms with van der Waals surface area (Å²) in [7, 11) is 2.02. The van der Waals surface area contributed by atoms with Crippen LogP contribution in [-0.2, 0) is 24.9 Å². The van der Waals surface area contributed by atoms with Crippen molar-refractivity contribution in [3.8, 4) is 5.75 Å². The minimum atomic E-state index is 0.396. The molecule has 32 heavy (non-hydrogen) atoms. The fraction of sp³-hybridized carbons (Fsp3) is 0.250. The van der Waals surface area contributed by atoms with E-state index < -0.39 is 0 Å². The van der Waals surface area contributed by atoms with Crippen LogP contribution in [0, 0.1) is 0 Å². The monoisotopic (exact) mass is 449 g/mol. The van der Waals surface area contributed by atoms with Crippen molar-refractivity contribution in [3.05, 3.63) is 77.1 Å². The zero-order valence-corrected chi connectivity index (χ0v) is 18.5. The highest BCUT2D eigenvalue weighted by Crippen LogP contribution is 2.24. The minimum absolute atomic E-state index is 0.396. The van der Waals surface area contributed by atoms with Crippen LogP contribution in [0.1, 0.15) is 11.3 Å². The van der Waals surface area contributed by atoms with Crippen LogP contribution in [0.2, 0.25) is 5.02 Å². The summed E-state index contributed by atoms with van der Waals surface area (Å²) in [6.07, 6.45) is 1.62. The van der Waals surface area contributed by atoms with E-state index >= 15 is 0 Å².